The summed E-state index contributed by atoms with van der Waals surface area (Å²) in [5, 5.41) is 11.5. The number of ether oxygens (including phenoxy) is 2. The molecule has 0 N–H and O–H groups in total. The summed E-state index contributed by atoms with van der Waals surface area (Å²) < 4.78 is 14.5. The lowest BCUT2D eigenvalue weighted by Gasteiger charge is -2.12. The van der Waals surface area contributed by atoms with E-state index in [9.17, 15) is 4.79 Å². The lowest BCUT2D eigenvalue weighted by Crippen LogP contribution is -2.12. The molecule has 5 aromatic rings. The first-order valence-electron chi connectivity index (χ1n) is 10.6. The highest BCUT2D eigenvalue weighted by Gasteiger charge is 2.17. The molecule has 0 atom stereocenters. The van der Waals surface area contributed by atoms with E-state index in [1.807, 2.05) is 65.4 Å². The van der Waals surface area contributed by atoms with E-state index in [4.69, 9.17) is 9.47 Å². The summed E-state index contributed by atoms with van der Waals surface area (Å²) in [4.78, 5) is 17.6. The van der Waals surface area contributed by atoms with Crippen LogP contribution in [0.1, 0.15) is 12.6 Å². The Morgan fingerprint density at radius 3 is 2.71 bits per heavy atom. The molecule has 0 spiro atoms. The Bertz CT molecular complexity index is 1490. The highest BCUT2D eigenvalue weighted by molar-refractivity contribution is 7.98. The van der Waals surface area contributed by atoms with Gasteiger partial charge in [-0.05, 0) is 43.3 Å². The van der Waals surface area contributed by atoms with Crippen LogP contribution in [0.3, 0.4) is 0 Å². The van der Waals surface area contributed by atoms with Crippen molar-refractivity contribution in [1.82, 2.24) is 24.1 Å². The second-order valence-electron chi connectivity index (χ2n) is 7.23. The Labute approximate surface area is 203 Å². The number of hydrogen-bond donors (Lipinski definition) is 0. The monoisotopic (exact) mass is 491 g/mol. The van der Waals surface area contributed by atoms with Gasteiger partial charge in [0.2, 0.25) is 0 Å². The molecule has 34 heavy (non-hydrogen) atoms. The van der Waals surface area contributed by atoms with E-state index in [-0.39, 0.29) is 5.56 Å². The van der Waals surface area contributed by atoms with Crippen molar-refractivity contribution >= 4 is 28.1 Å². The van der Waals surface area contributed by atoms with Gasteiger partial charge in [-0.2, -0.15) is 0 Å². The molecule has 3 aromatic heterocycles. The average molecular weight is 492 g/mol. The third kappa shape index (κ3) is 4.42. The van der Waals surface area contributed by atoms with E-state index < -0.39 is 0 Å². The smallest absolute Gasteiger partial charge is 0.258 e. The van der Waals surface area contributed by atoms with Crippen molar-refractivity contribution in [3.63, 3.8) is 0 Å². The number of rotatable bonds is 8. The molecular weight excluding hydrogens is 470 g/mol. The fraction of sp³-hybridized carbons (Fsp3) is 0.167. The Balaban J connectivity index is 1.53. The van der Waals surface area contributed by atoms with Crippen LogP contribution in [0.5, 0.6) is 11.5 Å². The molecule has 0 saturated heterocycles. The van der Waals surface area contributed by atoms with E-state index in [2.05, 4.69) is 15.2 Å². The summed E-state index contributed by atoms with van der Waals surface area (Å²) in [6, 6.07) is 17.1. The number of methoxy groups -OCH3 is 1. The van der Waals surface area contributed by atoms with Crippen molar-refractivity contribution in [2.75, 3.05) is 13.7 Å². The molecule has 0 bridgehead atoms. The first kappa shape index (κ1) is 22.2. The van der Waals surface area contributed by atoms with Gasteiger partial charge in [0.25, 0.3) is 5.56 Å². The van der Waals surface area contributed by atoms with E-state index in [1.165, 1.54) is 23.1 Å². The zero-order chi connectivity index (χ0) is 23.5. The van der Waals surface area contributed by atoms with Crippen molar-refractivity contribution in [1.29, 1.82) is 0 Å². The molecule has 0 aliphatic carbocycles. The van der Waals surface area contributed by atoms with Crippen molar-refractivity contribution < 1.29 is 9.47 Å². The van der Waals surface area contributed by atoms with Crippen molar-refractivity contribution in [3.05, 3.63) is 82.2 Å². The highest BCUT2D eigenvalue weighted by Crippen LogP contribution is 2.31. The molecule has 0 aliphatic heterocycles. The van der Waals surface area contributed by atoms with E-state index in [0.29, 0.717) is 34.0 Å². The summed E-state index contributed by atoms with van der Waals surface area (Å²) in [5.41, 5.74) is 2.38. The van der Waals surface area contributed by atoms with Gasteiger partial charge in [0.1, 0.15) is 11.5 Å². The molecule has 0 amide bonds. The van der Waals surface area contributed by atoms with Crippen LogP contribution in [0, 0.1) is 0 Å². The van der Waals surface area contributed by atoms with Crippen molar-refractivity contribution in [2.24, 2.45) is 0 Å². The molecule has 172 valence electrons. The third-order valence-corrected chi connectivity index (χ3v) is 6.79. The van der Waals surface area contributed by atoms with E-state index >= 15 is 0 Å². The zero-order valence-corrected chi connectivity index (χ0v) is 20.2. The number of benzene rings is 2. The Hall–Kier alpha value is -3.63. The minimum absolute atomic E-state index is 0.0908. The van der Waals surface area contributed by atoms with Gasteiger partial charge in [0.05, 0.1) is 19.4 Å². The Morgan fingerprint density at radius 1 is 1.06 bits per heavy atom. The second-order valence-corrected chi connectivity index (χ2v) is 9.05. The molecule has 8 nitrogen and oxygen atoms in total. The minimum Gasteiger partial charge on any atom is -0.497 e. The number of fused-ring (bicyclic) bond motifs is 1. The fourth-order valence-corrected chi connectivity index (χ4v) is 5.09. The standard InChI is InChI=1S/C24H21N5O3S2/c1-3-32-19-9-7-18(8-10-19)29-22(16-5-4-6-20(13-16)31-2)26-27-24(29)34-15-17-14-21(30)28-11-12-33-23(28)25-17/h4-14H,3,15H2,1-2H3. The van der Waals surface area contributed by atoms with Gasteiger partial charge in [-0.3, -0.25) is 13.8 Å². The highest BCUT2D eigenvalue weighted by atomic mass is 32.2. The fourth-order valence-electron chi connectivity index (χ4n) is 3.50. The maximum atomic E-state index is 12.4. The summed E-state index contributed by atoms with van der Waals surface area (Å²) in [6.45, 7) is 2.56. The van der Waals surface area contributed by atoms with Crippen LogP contribution in [0.4, 0.5) is 0 Å². The zero-order valence-electron chi connectivity index (χ0n) is 18.5. The van der Waals surface area contributed by atoms with Crippen LogP contribution in [0.2, 0.25) is 0 Å². The number of thiazole rings is 1. The molecular formula is C24H21N5O3S2. The van der Waals surface area contributed by atoms with Gasteiger partial charge in [-0.1, -0.05) is 23.9 Å². The normalized spacial score (nSPS) is 11.1. The summed E-state index contributed by atoms with van der Waals surface area (Å²) in [7, 11) is 1.64. The third-order valence-electron chi connectivity index (χ3n) is 5.07. The van der Waals surface area contributed by atoms with Crippen molar-refractivity contribution in [2.45, 2.75) is 17.8 Å². The minimum atomic E-state index is -0.0908. The van der Waals surface area contributed by atoms with Gasteiger partial charge in [-0.25, -0.2) is 4.98 Å². The summed E-state index contributed by atoms with van der Waals surface area (Å²) in [5.74, 6) is 2.70. The van der Waals surface area contributed by atoms with Gasteiger partial charge in [0, 0.05) is 34.6 Å². The van der Waals surface area contributed by atoms with Gasteiger partial charge >= 0.3 is 0 Å². The Kier molecular flexibility index (Phi) is 6.33. The lowest BCUT2D eigenvalue weighted by atomic mass is 10.2. The number of hydrogen-bond acceptors (Lipinski definition) is 8. The van der Waals surface area contributed by atoms with Crippen LogP contribution >= 0.6 is 23.1 Å². The van der Waals surface area contributed by atoms with Crippen LogP contribution in [0.25, 0.3) is 22.0 Å². The van der Waals surface area contributed by atoms with Crippen LogP contribution in [-0.2, 0) is 5.75 Å². The summed E-state index contributed by atoms with van der Waals surface area (Å²) >= 11 is 2.91. The predicted octanol–water partition coefficient (Wildman–Crippen LogP) is 4.70. The van der Waals surface area contributed by atoms with Crippen LogP contribution in [0.15, 0.2) is 76.1 Å². The van der Waals surface area contributed by atoms with Crippen LogP contribution in [-0.4, -0.2) is 37.9 Å². The molecule has 0 radical (unpaired) electrons. The molecule has 10 heteroatoms. The molecule has 5 rings (SSSR count). The number of aromatic nitrogens is 5. The quantitative estimate of drug-likeness (QED) is 0.291. The topological polar surface area (TPSA) is 83.5 Å². The summed E-state index contributed by atoms with van der Waals surface area (Å²) in [6.07, 6.45) is 1.73. The van der Waals surface area contributed by atoms with E-state index in [1.54, 1.807) is 23.8 Å². The predicted molar refractivity (Wildman–Crippen MR) is 133 cm³/mol. The molecule has 0 fully saturated rings. The lowest BCUT2D eigenvalue weighted by molar-refractivity contribution is 0.340. The molecule has 2 aromatic carbocycles. The van der Waals surface area contributed by atoms with Gasteiger partial charge < -0.3 is 9.47 Å². The van der Waals surface area contributed by atoms with Gasteiger partial charge in [0.15, 0.2) is 15.9 Å². The molecule has 3 heterocycles. The molecule has 0 aliphatic rings. The van der Waals surface area contributed by atoms with E-state index in [0.717, 1.165) is 22.7 Å². The molecule has 0 unspecified atom stereocenters. The van der Waals surface area contributed by atoms with Crippen molar-refractivity contribution in [3.8, 4) is 28.6 Å². The van der Waals surface area contributed by atoms with Crippen LogP contribution < -0.4 is 15.0 Å². The maximum absolute atomic E-state index is 12.4. The maximum Gasteiger partial charge on any atom is 0.258 e. The SMILES string of the molecule is CCOc1ccc(-n2c(SCc3cc(=O)n4ccsc4n3)nnc2-c2cccc(OC)c2)cc1. The Morgan fingerprint density at radius 2 is 1.91 bits per heavy atom. The number of nitrogens with zero attached hydrogens (tertiary/aromatic N) is 5. The molecule has 0 saturated carbocycles. The largest absolute Gasteiger partial charge is 0.497 e. The first-order valence-corrected chi connectivity index (χ1v) is 12.4. The average Bonchev–Trinajstić information content (AvgIpc) is 3.51. The second kappa shape index (κ2) is 9.70. The first-order chi connectivity index (χ1) is 16.7. The number of thioether (sulfide) groups is 1. The van der Waals surface area contributed by atoms with Gasteiger partial charge in [-0.15, -0.1) is 21.5 Å².